The standard InChI is InChI=1S/C12H15NO3S/c1-16-12-5-3-2-4-11(12)13-7-9-6-10(8-13)17(9,14)15/h2-5,9-10H,6-8H2,1H3. The second-order valence-corrected chi connectivity index (χ2v) is 7.16. The monoisotopic (exact) mass is 253 g/mol. The van der Waals surface area contributed by atoms with Gasteiger partial charge < -0.3 is 9.64 Å². The number of sulfone groups is 1. The quantitative estimate of drug-likeness (QED) is 0.791. The van der Waals surface area contributed by atoms with E-state index in [1.165, 1.54) is 0 Å². The minimum atomic E-state index is -2.81. The zero-order chi connectivity index (χ0) is 12.0. The first kappa shape index (κ1) is 10.9. The van der Waals surface area contributed by atoms with Crippen molar-refractivity contribution in [1.29, 1.82) is 0 Å². The van der Waals surface area contributed by atoms with E-state index in [2.05, 4.69) is 4.90 Å². The van der Waals surface area contributed by atoms with E-state index >= 15 is 0 Å². The Morgan fingerprint density at radius 1 is 1.24 bits per heavy atom. The van der Waals surface area contributed by atoms with Gasteiger partial charge in [-0.25, -0.2) is 8.42 Å². The first-order valence-corrected chi connectivity index (χ1v) is 7.34. The van der Waals surface area contributed by atoms with E-state index in [1.54, 1.807) is 7.11 Å². The van der Waals surface area contributed by atoms with Crippen LogP contribution < -0.4 is 9.64 Å². The molecule has 3 fully saturated rings. The van der Waals surface area contributed by atoms with Gasteiger partial charge in [0.1, 0.15) is 5.75 Å². The van der Waals surface area contributed by atoms with Crippen LogP contribution in [-0.2, 0) is 9.84 Å². The summed E-state index contributed by atoms with van der Waals surface area (Å²) in [4.78, 5) is 2.12. The molecular weight excluding hydrogens is 238 g/mol. The van der Waals surface area contributed by atoms with Crippen molar-refractivity contribution in [2.75, 3.05) is 25.1 Å². The van der Waals surface area contributed by atoms with Crippen molar-refractivity contribution in [3.8, 4) is 5.75 Å². The number of hydrogen-bond acceptors (Lipinski definition) is 4. The van der Waals surface area contributed by atoms with Crippen LogP contribution in [-0.4, -0.2) is 39.1 Å². The lowest BCUT2D eigenvalue weighted by atomic mass is 10.1. The van der Waals surface area contributed by atoms with E-state index in [9.17, 15) is 8.42 Å². The van der Waals surface area contributed by atoms with Crippen molar-refractivity contribution < 1.29 is 13.2 Å². The number of para-hydroxylation sites is 2. The van der Waals surface area contributed by atoms with Gasteiger partial charge in [0, 0.05) is 13.1 Å². The van der Waals surface area contributed by atoms with Crippen LogP contribution in [0, 0.1) is 0 Å². The molecule has 17 heavy (non-hydrogen) atoms. The number of ether oxygens (including phenoxy) is 1. The predicted molar refractivity (Wildman–Crippen MR) is 66.3 cm³/mol. The van der Waals surface area contributed by atoms with Gasteiger partial charge in [-0.1, -0.05) is 12.1 Å². The minimum Gasteiger partial charge on any atom is -0.495 e. The summed E-state index contributed by atoms with van der Waals surface area (Å²) in [6, 6.07) is 7.76. The maximum Gasteiger partial charge on any atom is 0.159 e. The van der Waals surface area contributed by atoms with Gasteiger partial charge in [-0.05, 0) is 18.6 Å². The Labute approximate surface area is 101 Å². The Morgan fingerprint density at radius 3 is 2.47 bits per heavy atom. The second-order valence-electron chi connectivity index (χ2n) is 4.65. The topological polar surface area (TPSA) is 46.6 Å². The fourth-order valence-corrected chi connectivity index (χ4v) is 4.68. The molecule has 0 radical (unpaired) electrons. The van der Waals surface area contributed by atoms with Crippen LogP contribution in [0.1, 0.15) is 6.42 Å². The fourth-order valence-electron chi connectivity index (χ4n) is 2.72. The van der Waals surface area contributed by atoms with Crippen molar-refractivity contribution in [3.63, 3.8) is 0 Å². The van der Waals surface area contributed by atoms with Crippen LogP contribution in [0.25, 0.3) is 0 Å². The Balaban J connectivity index is 1.88. The SMILES string of the molecule is COc1ccccc1N1CC2CC(C1)S2(=O)=O. The molecule has 92 valence electrons. The molecule has 2 atom stereocenters. The molecule has 1 aromatic carbocycles. The number of nitrogens with zero attached hydrogens (tertiary/aromatic N) is 1. The molecule has 0 saturated carbocycles. The van der Waals surface area contributed by atoms with E-state index in [0.717, 1.165) is 17.9 Å². The lowest BCUT2D eigenvalue weighted by Gasteiger charge is -2.47. The van der Waals surface area contributed by atoms with E-state index in [-0.39, 0.29) is 10.5 Å². The molecule has 0 amide bonds. The highest BCUT2D eigenvalue weighted by molar-refractivity contribution is 7.94. The molecule has 0 aliphatic carbocycles. The summed E-state index contributed by atoms with van der Waals surface area (Å²) < 4.78 is 28.7. The molecule has 4 nitrogen and oxygen atoms in total. The molecule has 0 aromatic heterocycles. The van der Waals surface area contributed by atoms with Gasteiger partial charge in [-0.2, -0.15) is 0 Å². The Hall–Kier alpha value is -1.23. The number of fused-ring (bicyclic) bond motifs is 2. The molecule has 3 aliphatic heterocycles. The zero-order valence-electron chi connectivity index (χ0n) is 9.67. The molecule has 3 aliphatic rings. The van der Waals surface area contributed by atoms with Crippen LogP contribution in [0.15, 0.2) is 24.3 Å². The summed E-state index contributed by atoms with van der Waals surface area (Å²) in [6.07, 6.45) is 0.827. The molecular formula is C12H15NO3S. The summed E-state index contributed by atoms with van der Waals surface area (Å²) in [6.45, 7) is 1.19. The number of hydrogen-bond donors (Lipinski definition) is 0. The zero-order valence-corrected chi connectivity index (χ0v) is 10.5. The molecule has 1 aromatic rings. The van der Waals surface area contributed by atoms with Gasteiger partial charge in [-0.3, -0.25) is 0 Å². The van der Waals surface area contributed by atoms with Crippen LogP contribution >= 0.6 is 0 Å². The molecule has 4 rings (SSSR count). The molecule has 0 spiro atoms. The van der Waals surface area contributed by atoms with Crippen LogP contribution in [0.5, 0.6) is 5.75 Å². The minimum absolute atomic E-state index is 0.175. The number of methoxy groups -OCH3 is 1. The van der Waals surface area contributed by atoms with Gasteiger partial charge in [0.05, 0.1) is 23.3 Å². The van der Waals surface area contributed by atoms with Gasteiger partial charge in [0.2, 0.25) is 0 Å². The summed E-state index contributed by atoms with van der Waals surface area (Å²) in [7, 11) is -1.17. The van der Waals surface area contributed by atoms with Crippen molar-refractivity contribution in [2.24, 2.45) is 0 Å². The fraction of sp³-hybridized carbons (Fsp3) is 0.500. The summed E-state index contributed by atoms with van der Waals surface area (Å²) in [5.41, 5.74) is 1.000. The lowest BCUT2D eigenvalue weighted by molar-refractivity contribution is 0.409. The first-order chi connectivity index (χ1) is 8.13. The maximum atomic E-state index is 11.7. The number of benzene rings is 1. The second kappa shape index (κ2) is 3.63. The van der Waals surface area contributed by atoms with E-state index < -0.39 is 9.84 Å². The van der Waals surface area contributed by atoms with Crippen LogP contribution in [0.3, 0.4) is 0 Å². The molecule has 3 heterocycles. The largest absolute Gasteiger partial charge is 0.495 e. The van der Waals surface area contributed by atoms with Crippen molar-refractivity contribution in [1.82, 2.24) is 0 Å². The van der Waals surface area contributed by atoms with Gasteiger partial charge in [-0.15, -0.1) is 0 Å². The lowest BCUT2D eigenvalue weighted by Crippen LogP contribution is -2.62. The average molecular weight is 253 g/mol. The van der Waals surface area contributed by atoms with Crippen molar-refractivity contribution >= 4 is 15.5 Å². The van der Waals surface area contributed by atoms with E-state index in [0.29, 0.717) is 13.1 Å². The van der Waals surface area contributed by atoms with Gasteiger partial charge >= 0.3 is 0 Å². The van der Waals surface area contributed by atoms with E-state index in [4.69, 9.17) is 4.74 Å². The van der Waals surface area contributed by atoms with E-state index in [1.807, 2.05) is 24.3 Å². The first-order valence-electron chi connectivity index (χ1n) is 5.73. The third-order valence-corrected chi connectivity index (χ3v) is 6.27. The summed E-state index contributed by atoms with van der Waals surface area (Å²) in [5, 5.41) is -0.350. The molecule has 0 N–H and O–H groups in total. The van der Waals surface area contributed by atoms with Gasteiger partial charge in [0.15, 0.2) is 9.84 Å². The number of piperidine rings is 1. The van der Waals surface area contributed by atoms with Crippen LogP contribution in [0.4, 0.5) is 5.69 Å². The van der Waals surface area contributed by atoms with Crippen molar-refractivity contribution in [2.45, 2.75) is 16.9 Å². The molecule has 2 bridgehead atoms. The highest BCUT2D eigenvalue weighted by atomic mass is 32.2. The maximum absolute atomic E-state index is 11.7. The predicted octanol–water partition coefficient (Wildman–Crippen LogP) is 1.07. The average Bonchev–Trinajstić information content (AvgIpc) is 2.38. The Morgan fingerprint density at radius 2 is 1.88 bits per heavy atom. The highest BCUT2D eigenvalue weighted by Crippen LogP contribution is 2.39. The van der Waals surface area contributed by atoms with Crippen molar-refractivity contribution in [3.05, 3.63) is 24.3 Å². The highest BCUT2D eigenvalue weighted by Gasteiger charge is 2.51. The smallest absolute Gasteiger partial charge is 0.159 e. The number of anilines is 1. The Bertz CT molecular complexity index is 522. The van der Waals surface area contributed by atoms with Crippen LogP contribution in [0.2, 0.25) is 0 Å². The molecule has 3 saturated heterocycles. The van der Waals surface area contributed by atoms with Gasteiger partial charge in [0.25, 0.3) is 0 Å². The normalized spacial score (nSPS) is 29.6. The molecule has 5 heteroatoms. The third-order valence-electron chi connectivity index (χ3n) is 3.73. The summed E-state index contributed by atoms with van der Waals surface area (Å²) >= 11 is 0. The summed E-state index contributed by atoms with van der Waals surface area (Å²) in [5.74, 6) is 0.811. The third kappa shape index (κ3) is 1.52. The molecule has 2 unspecified atom stereocenters. The Kier molecular flexibility index (Phi) is 2.33. The number of rotatable bonds is 2.